The van der Waals surface area contributed by atoms with Crippen molar-refractivity contribution < 1.29 is 0 Å². The van der Waals surface area contributed by atoms with Crippen LogP contribution in [-0.2, 0) is 5.41 Å². The molecule has 0 amide bonds. The van der Waals surface area contributed by atoms with Crippen LogP contribution in [0.15, 0.2) is 382 Å². The van der Waals surface area contributed by atoms with Crippen LogP contribution in [0.3, 0.4) is 0 Å². The minimum absolute atomic E-state index is 0.808. The van der Waals surface area contributed by atoms with Crippen molar-refractivity contribution in [2.45, 2.75) is 5.41 Å². The molecule has 0 atom stereocenters. The molecule has 0 N–H and O–H groups in total. The highest BCUT2D eigenvalue weighted by atomic mass is 15.2. The average Bonchev–Trinajstić information content (AvgIpc) is 1.48. The number of para-hydroxylation sites is 7. The van der Waals surface area contributed by atoms with E-state index in [1.54, 1.807) is 0 Å². The number of nitrogens with zero attached hydrogens (tertiary/aromatic N) is 5. The van der Waals surface area contributed by atoms with Gasteiger partial charge in [-0.3, -0.25) is 0 Å². The maximum atomic E-state index is 2.54. The summed E-state index contributed by atoms with van der Waals surface area (Å²) in [4.78, 5) is 9.58. The van der Waals surface area contributed by atoms with Crippen molar-refractivity contribution in [3.8, 4) is 39.1 Å². The van der Waals surface area contributed by atoms with E-state index in [4.69, 9.17) is 0 Å². The molecule has 0 fully saturated rings. The number of benzene rings is 15. The fourth-order valence-electron chi connectivity index (χ4n) is 15.4. The summed E-state index contributed by atoms with van der Waals surface area (Å²) in [7, 11) is 0. The Hall–Kier alpha value is -12.7. The number of aromatic nitrogens is 1. The first-order chi connectivity index (χ1) is 47.6. The summed E-state index contributed by atoms with van der Waals surface area (Å²) in [5.74, 6) is 0. The lowest BCUT2D eigenvalue weighted by Gasteiger charge is -2.40. The Morgan fingerprint density at radius 3 is 0.948 bits per heavy atom. The lowest BCUT2D eigenvalue weighted by molar-refractivity contribution is 0.748. The van der Waals surface area contributed by atoms with Crippen LogP contribution in [0.25, 0.3) is 60.9 Å². The first-order valence-electron chi connectivity index (χ1n) is 33.0. The molecule has 5 heteroatoms. The van der Waals surface area contributed by atoms with E-state index in [1.807, 2.05) is 0 Å². The van der Waals surface area contributed by atoms with E-state index in [1.165, 1.54) is 60.9 Å². The van der Waals surface area contributed by atoms with Gasteiger partial charge in [-0.2, -0.15) is 0 Å². The first-order valence-corrected chi connectivity index (χ1v) is 33.0. The molecule has 1 aliphatic carbocycles. The Labute approximate surface area is 559 Å². The Morgan fingerprint density at radius 2 is 0.500 bits per heavy atom. The van der Waals surface area contributed by atoms with Gasteiger partial charge in [-0.05, 0) is 213 Å². The molecule has 2 heterocycles. The van der Waals surface area contributed by atoms with Crippen LogP contribution in [0.1, 0.15) is 22.3 Å². The van der Waals surface area contributed by atoms with E-state index in [2.05, 4.69) is 406 Å². The van der Waals surface area contributed by atoms with Crippen LogP contribution < -0.4 is 19.6 Å². The predicted octanol–water partition coefficient (Wildman–Crippen LogP) is 24.7. The average molecular weight is 1230 g/mol. The van der Waals surface area contributed by atoms with Crippen molar-refractivity contribution in [1.82, 2.24) is 4.57 Å². The topological polar surface area (TPSA) is 17.9 Å². The molecular weight excluding hydrogens is 1160 g/mol. The van der Waals surface area contributed by atoms with Crippen LogP contribution in [0.4, 0.5) is 68.2 Å². The van der Waals surface area contributed by atoms with Crippen LogP contribution in [0, 0.1) is 0 Å². The standard InChI is InChI=1S/C91H63N5/c1-7-26-64(27-8-1)66-30-23-40-76(60-66)94(74-52-48-72(49-53-74)92(68-32-11-3-12-33-68)69-34-13-4-14-35-69)78-56-58-80-81-59-57-79(63-87(81)91(86(80)62-78)84-44-20-22-47-89(84)96-88-46-21-19-42-82(88)83-43-25-45-85(91)90(83)96)95(77-41-24-31-67(61-77)65-28-9-2-10-29-65)75-54-50-73(51-55-75)93(70-36-15-5-16-37-70)71-38-17-6-18-39-71/h1-63H. The van der Waals surface area contributed by atoms with Gasteiger partial charge >= 0.3 is 0 Å². The Kier molecular flexibility index (Phi) is 13.7. The Bertz CT molecular complexity index is 5180. The summed E-state index contributed by atoms with van der Waals surface area (Å²) >= 11 is 0. The van der Waals surface area contributed by atoms with Crippen molar-refractivity contribution in [3.63, 3.8) is 0 Å². The van der Waals surface area contributed by atoms with E-state index in [0.717, 1.165) is 90.5 Å². The molecule has 1 aliphatic heterocycles. The van der Waals surface area contributed by atoms with E-state index in [9.17, 15) is 0 Å². The molecule has 5 nitrogen and oxygen atoms in total. The van der Waals surface area contributed by atoms with Gasteiger partial charge in [0.2, 0.25) is 0 Å². The molecule has 1 spiro atoms. The van der Waals surface area contributed by atoms with Crippen molar-refractivity contribution in [1.29, 1.82) is 0 Å². The third-order valence-corrected chi connectivity index (χ3v) is 19.5. The highest BCUT2D eigenvalue weighted by Crippen LogP contribution is 2.63. The van der Waals surface area contributed by atoms with Crippen molar-refractivity contribution in [3.05, 3.63) is 404 Å². The molecular formula is C91H63N5. The monoisotopic (exact) mass is 1230 g/mol. The Morgan fingerprint density at radius 1 is 0.198 bits per heavy atom. The van der Waals surface area contributed by atoms with Gasteiger partial charge < -0.3 is 24.2 Å². The second-order valence-electron chi connectivity index (χ2n) is 24.8. The molecule has 96 heavy (non-hydrogen) atoms. The zero-order chi connectivity index (χ0) is 63.5. The van der Waals surface area contributed by atoms with Gasteiger partial charge in [0.25, 0.3) is 0 Å². The number of hydrogen-bond donors (Lipinski definition) is 0. The quantitative estimate of drug-likeness (QED) is 0.108. The van der Waals surface area contributed by atoms with Crippen molar-refractivity contribution in [2.75, 3.05) is 19.6 Å². The summed E-state index contributed by atoms with van der Waals surface area (Å²) in [6.45, 7) is 0. The minimum atomic E-state index is -0.808. The Balaban J connectivity index is 0.866. The highest BCUT2D eigenvalue weighted by Gasteiger charge is 2.51. The van der Waals surface area contributed by atoms with E-state index >= 15 is 0 Å². The number of anilines is 12. The van der Waals surface area contributed by atoms with Crippen LogP contribution in [0.2, 0.25) is 0 Å². The summed E-state index contributed by atoms with van der Waals surface area (Å²) in [5.41, 5.74) is 27.5. The summed E-state index contributed by atoms with van der Waals surface area (Å²) in [6.07, 6.45) is 0. The van der Waals surface area contributed by atoms with Gasteiger partial charge in [-0.1, -0.05) is 224 Å². The SMILES string of the molecule is c1ccc(-c2cccc(N(c3ccc(N(c4ccccc4)c4ccccc4)cc3)c3ccc4c(c3)C3(c5cc(N(c6ccc(N(c7ccccc7)c7ccccc7)cc6)c6cccc(-c7ccccc7)c6)ccc5-4)c4ccccc4-n4c5ccccc5c5cccc3c54)c2)cc1. The third kappa shape index (κ3) is 9.31. The van der Waals surface area contributed by atoms with Gasteiger partial charge in [0, 0.05) is 79.0 Å². The van der Waals surface area contributed by atoms with E-state index < -0.39 is 5.41 Å². The number of fused-ring (bicyclic) bond motifs is 12. The first kappa shape index (κ1) is 56.1. The molecule has 15 aromatic carbocycles. The molecule has 452 valence electrons. The van der Waals surface area contributed by atoms with Gasteiger partial charge in [0.1, 0.15) is 0 Å². The third-order valence-electron chi connectivity index (χ3n) is 19.5. The van der Waals surface area contributed by atoms with Crippen molar-refractivity contribution in [2.24, 2.45) is 0 Å². The van der Waals surface area contributed by atoms with Crippen LogP contribution >= 0.6 is 0 Å². The largest absolute Gasteiger partial charge is 0.311 e. The smallest absolute Gasteiger partial charge is 0.0756 e. The minimum Gasteiger partial charge on any atom is -0.311 e. The fourth-order valence-corrected chi connectivity index (χ4v) is 15.4. The predicted molar refractivity (Wildman–Crippen MR) is 401 cm³/mol. The lowest BCUT2D eigenvalue weighted by Crippen LogP contribution is -2.33. The molecule has 0 unspecified atom stereocenters. The molecule has 0 radical (unpaired) electrons. The molecule has 16 aromatic rings. The maximum Gasteiger partial charge on any atom is 0.0756 e. The van der Waals surface area contributed by atoms with Gasteiger partial charge in [0.15, 0.2) is 0 Å². The van der Waals surface area contributed by atoms with Crippen LogP contribution in [0.5, 0.6) is 0 Å². The summed E-state index contributed by atoms with van der Waals surface area (Å²) in [5, 5.41) is 2.47. The second kappa shape index (κ2) is 23.5. The van der Waals surface area contributed by atoms with Crippen molar-refractivity contribution >= 4 is 90.1 Å². The van der Waals surface area contributed by atoms with Gasteiger partial charge in [-0.25, -0.2) is 0 Å². The second-order valence-corrected chi connectivity index (χ2v) is 24.8. The zero-order valence-electron chi connectivity index (χ0n) is 52.6. The van der Waals surface area contributed by atoms with Crippen LogP contribution in [-0.4, -0.2) is 4.57 Å². The molecule has 1 aromatic heterocycles. The lowest BCUT2D eigenvalue weighted by atomic mass is 9.65. The molecule has 0 saturated carbocycles. The molecule has 0 saturated heterocycles. The fraction of sp³-hybridized carbons (Fsp3) is 0.0110. The normalized spacial score (nSPS) is 12.2. The van der Waals surface area contributed by atoms with E-state index in [0.29, 0.717) is 0 Å². The maximum absolute atomic E-state index is 2.54. The molecule has 2 aliphatic rings. The summed E-state index contributed by atoms with van der Waals surface area (Å²) < 4.78 is 2.54. The number of rotatable bonds is 14. The zero-order valence-corrected chi connectivity index (χ0v) is 52.6. The van der Waals surface area contributed by atoms with Gasteiger partial charge in [-0.15, -0.1) is 0 Å². The summed E-state index contributed by atoms with van der Waals surface area (Å²) in [6, 6.07) is 140. The molecule has 18 rings (SSSR count). The molecule has 0 bridgehead atoms. The van der Waals surface area contributed by atoms with E-state index in [-0.39, 0.29) is 0 Å². The van der Waals surface area contributed by atoms with Gasteiger partial charge in [0.05, 0.1) is 22.1 Å². The number of hydrogen-bond acceptors (Lipinski definition) is 4. The highest BCUT2D eigenvalue weighted by molar-refractivity contribution is 6.13.